The van der Waals surface area contributed by atoms with Crippen LogP contribution in [0.4, 0.5) is 0 Å². The minimum absolute atomic E-state index is 0.183. The number of ether oxygens (including phenoxy) is 1. The summed E-state index contributed by atoms with van der Waals surface area (Å²) in [4.78, 5) is 15.5. The third-order valence-electron chi connectivity index (χ3n) is 3.82. The van der Waals surface area contributed by atoms with Gasteiger partial charge in [0, 0.05) is 17.9 Å². The lowest BCUT2D eigenvalue weighted by molar-refractivity contribution is -0.139. The van der Waals surface area contributed by atoms with Crippen LogP contribution in [0.25, 0.3) is 11.1 Å². The number of methoxy groups -OCH3 is 1. The molecule has 4 nitrogen and oxygen atoms in total. The molecule has 0 fully saturated rings. The highest BCUT2D eigenvalue weighted by Crippen LogP contribution is 2.27. The van der Waals surface area contributed by atoms with Gasteiger partial charge in [0.05, 0.1) is 13.7 Å². The summed E-state index contributed by atoms with van der Waals surface area (Å²) < 4.78 is 4.68. The molecule has 1 N–H and O–H groups in total. The summed E-state index contributed by atoms with van der Waals surface area (Å²) in [5, 5.41) is 3.23. The van der Waals surface area contributed by atoms with E-state index in [-0.39, 0.29) is 18.1 Å². The van der Waals surface area contributed by atoms with Crippen LogP contribution in [0.3, 0.4) is 0 Å². The zero-order valence-corrected chi connectivity index (χ0v) is 13.5. The van der Waals surface area contributed by atoms with Crippen LogP contribution in [0.15, 0.2) is 42.7 Å². The molecule has 0 unspecified atom stereocenters. The number of esters is 1. The number of carbonyl (C=O) groups is 1. The molecular formula is C18H22N2O2. The van der Waals surface area contributed by atoms with Gasteiger partial charge >= 0.3 is 5.97 Å². The fraction of sp³-hybridized carbons (Fsp3) is 0.333. The lowest BCUT2D eigenvalue weighted by Gasteiger charge is -2.27. The molecule has 0 bridgehead atoms. The summed E-state index contributed by atoms with van der Waals surface area (Å²) in [7, 11) is 1.39. The van der Waals surface area contributed by atoms with Crippen molar-refractivity contribution in [1.82, 2.24) is 10.3 Å². The molecule has 0 amide bonds. The number of benzene rings is 1. The van der Waals surface area contributed by atoms with E-state index in [9.17, 15) is 4.79 Å². The molecule has 2 aromatic rings. The number of hydrogen-bond acceptors (Lipinski definition) is 4. The number of pyridine rings is 1. The van der Waals surface area contributed by atoms with Gasteiger partial charge in [-0.2, -0.15) is 0 Å². The fourth-order valence-corrected chi connectivity index (χ4v) is 2.34. The van der Waals surface area contributed by atoms with E-state index in [1.807, 2.05) is 18.3 Å². The molecule has 0 aliphatic rings. The van der Waals surface area contributed by atoms with Gasteiger partial charge in [0.15, 0.2) is 0 Å². The van der Waals surface area contributed by atoms with Gasteiger partial charge in [-0.3, -0.25) is 15.1 Å². The van der Waals surface area contributed by atoms with Crippen molar-refractivity contribution in [2.24, 2.45) is 0 Å². The second-order valence-corrected chi connectivity index (χ2v) is 5.83. The summed E-state index contributed by atoms with van der Waals surface area (Å²) in [5.74, 6) is -0.269. The van der Waals surface area contributed by atoms with Crippen molar-refractivity contribution in [2.45, 2.75) is 26.3 Å². The minimum atomic E-state index is -0.328. The summed E-state index contributed by atoms with van der Waals surface area (Å²) in [6.45, 7) is 6.33. The number of nitrogens with zero attached hydrogens (tertiary/aromatic N) is 1. The Balaban J connectivity index is 2.28. The van der Waals surface area contributed by atoms with Crippen molar-refractivity contribution >= 4 is 5.97 Å². The van der Waals surface area contributed by atoms with Gasteiger partial charge in [-0.15, -0.1) is 0 Å². The zero-order chi connectivity index (χ0) is 16.2. The van der Waals surface area contributed by atoms with Crippen LogP contribution in [0.1, 0.15) is 25.0 Å². The average Bonchev–Trinajstić information content (AvgIpc) is 2.53. The van der Waals surface area contributed by atoms with Crippen LogP contribution in [-0.2, 0) is 15.1 Å². The predicted octanol–water partition coefficient (Wildman–Crippen LogP) is 3.05. The highest BCUT2D eigenvalue weighted by Gasteiger charge is 2.21. The molecule has 0 aliphatic carbocycles. The maximum Gasteiger partial charge on any atom is 0.319 e. The van der Waals surface area contributed by atoms with Crippen molar-refractivity contribution in [2.75, 3.05) is 13.7 Å². The molecule has 1 heterocycles. The first-order valence-corrected chi connectivity index (χ1v) is 7.27. The predicted molar refractivity (Wildman–Crippen MR) is 87.5 cm³/mol. The summed E-state index contributed by atoms with van der Waals surface area (Å²) >= 11 is 0. The summed E-state index contributed by atoms with van der Waals surface area (Å²) in [6.07, 6.45) is 3.66. The highest BCUT2D eigenvalue weighted by atomic mass is 16.5. The van der Waals surface area contributed by atoms with E-state index in [0.29, 0.717) is 0 Å². The topological polar surface area (TPSA) is 51.2 Å². The quantitative estimate of drug-likeness (QED) is 0.862. The maximum atomic E-state index is 11.3. The second kappa shape index (κ2) is 6.71. The maximum absolute atomic E-state index is 11.3. The van der Waals surface area contributed by atoms with Crippen LogP contribution in [-0.4, -0.2) is 24.6 Å². The van der Waals surface area contributed by atoms with E-state index in [1.54, 1.807) is 6.20 Å². The summed E-state index contributed by atoms with van der Waals surface area (Å²) in [6, 6.07) is 10.3. The molecular weight excluding hydrogens is 276 g/mol. The highest BCUT2D eigenvalue weighted by molar-refractivity contribution is 5.71. The Bertz CT molecular complexity index is 666. The number of carbonyl (C=O) groups excluding carboxylic acids is 1. The number of aryl methyl sites for hydroxylation is 1. The van der Waals surface area contributed by atoms with E-state index in [1.165, 1.54) is 12.7 Å². The van der Waals surface area contributed by atoms with Gasteiger partial charge in [-0.1, -0.05) is 18.2 Å². The minimum Gasteiger partial charge on any atom is -0.468 e. The molecule has 116 valence electrons. The number of rotatable bonds is 5. The number of aromatic nitrogens is 1. The van der Waals surface area contributed by atoms with Gasteiger partial charge < -0.3 is 4.74 Å². The Labute approximate surface area is 131 Å². The van der Waals surface area contributed by atoms with Gasteiger partial charge in [0.1, 0.15) is 0 Å². The Kier molecular flexibility index (Phi) is 4.93. The Hall–Kier alpha value is -2.20. The van der Waals surface area contributed by atoms with Crippen molar-refractivity contribution < 1.29 is 9.53 Å². The molecule has 1 aromatic heterocycles. The first kappa shape index (κ1) is 16.2. The molecule has 1 aromatic carbocycles. The largest absolute Gasteiger partial charge is 0.468 e. The van der Waals surface area contributed by atoms with Crippen LogP contribution in [0.5, 0.6) is 0 Å². The Morgan fingerprint density at radius 3 is 2.77 bits per heavy atom. The molecule has 0 radical (unpaired) electrons. The first-order valence-electron chi connectivity index (χ1n) is 7.27. The molecule has 0 spiro atoms. The van der Waals surface area contributed by atoms with Gasteiger partial charge in [-0.05, 0) is 55.2 Å². The smallest absolute Gasteiger partial charge is 0.319 e. The van der Waals surface area contributed by atoms with Crippen LogP contribution >= 0.6 is 0 Å². The Morgan fingerprint density at radius 1 is 1.32 bits per heavy atom. The van der Waals surface area contributed by atoms with Crippen molar-refractivity contribution in [3.05, 3.63) is 53.9 Å². The molecule has 0 saturated carbocycles. The van der Waals surface area contributed by atoms with E-state index in [2.05, 4.69) is 54.0 Å². The third kappa shape index (κ3) is 3.71. The van der Waals surface area contributed by atoms with E-state index in [0.717, 1.165) is 16.7 Å². The van der Waals surface area contributed by atoms with Gasteiger partial charge in [0.2, 0.25) is 0 Å². The summed E-state index contributed by atoms with van der Waals surface area (Å²) in [5.41, 5.74) is 4.24. The molecule has 0 aliphatic heterocycles. The number of hydrogen-bond donors (Lipinski definition) is 1. The first-order chi connectivity index (χ1) is 10.4. The normalized spacial score (nSPS) is 11.3. The van der Waals surface area contributed by atoms with Gasteiger partial charge in [-0.25, -0.2) is 0 Å². The van der Waals surface area contributed by atoms with Crippen molar-refractivity contribution in [3.63, 3.8) is 0 Å². The third-order valence-corrected chi connectivity index (χ3v) is 3.82. The number of nitrogens with one attached hydrogen (secondary N) is 1. The lowest BCUT2D eigenvalue weighted by Crippen LogP contribution is -2.40. The standard InChI is InChI=1S/C18H22N2O2/c1-13-11-19-9-8-16(13)14-6-5-7-15(10-14)18(2,3)20-12-17(21)22-4/h5-11,20H,12H2,1-4H3. The average molecular weight is 298 g/mol. The lowest BCUT2D eigenvalue weighted by atomic mass is 9.90. The molecule has 2 rings (SSSR count). The van der Waals surface area contributed by atoms with Crippen LogP contribution in [0, 0.1) is 6.92 Å². The van der Waals surface area contributed by atoms with E-state index in [4.69, 9.17) is 0 Å². The van der Waals surface area contributed by atoms with Crippen LogP contribution < -0.4 is 5.32 Å². The fourth-order valence-electron chi connectivity index (χ4n) is 2.34. The SMILES string of the molecule is COC(=O)CNC(C)(C)c1cccc(-c2ccncc2C)c1. The van der Waals surface area contributed by atoms with Crippen molar-refractivity contribution in [1.29, 1.82) is 0 Å². The van der Waals surface area contributed by atoms with Crippen LogP contribution in [0.2, 0.25) is 0 Å². The van der Waals surface area contributed by atoms with E-state index < -0.39 is 0 Å². The molecule has 0 saturated heterocycles. The van der Waals surface area contributed by atoms with Gasteiger partial charge in [0.25, 0.3) is 0 Å². The second-order valence-electron chi connectivity index (χ2n) is 5.83. The zero-order valence-electron chi connectivity index (χ0n) is 13.5. The van der Waals surface area contributed by atoms with E-state index >= 15 is 0 Å². The molecule has 4 heteroatoms. The Morgan fingerprint density at radius 2 is 2.09 bits per heavy atom. The molecule has 22 heavy (non-hydrogen) atoms. The monoisotopic (exact) mass is 298 g/mol. The molecule has 0 atom stereocenters. The van der Waals surface area contributed by atoms with Crippen molar-refractivity contribution in [3.8, 4) is 11.1 Å².